The fourth-order valence-corrected chi connectivity index (χ4v) is 6.82. The van der Waals surface area contributed by atoms with Gasteiger partial charge in [0.2, 0.25) is 10.0 Å². The molecule has 0 radical (unpaired) electrons. The molecule has 39 heavy (non-hydrogen) atoms. The number of urea groups is 1. The molecule has 6 rings (SSSR count). The Bertz CT molecular complexity index is 1490. The molecule has 2 N–H and O–H groups in total. The molecule has 2 fully saturated rings. The number of sulfonamides is 1. The van der Waals surface area contributed by atoms with Crippen LogP contribution in [0, 0.1) is 5.82 Å². The number of halogens is 1. The lowest BCUT2D eigenvalue weighted by Gasteiger charge is -2.36. The standard InChI is InChI=1S/C27H29FN6O4S/c1-29-27(35)30-19-6-2-17(3-7-19)25-31-24-16-34(39(36,37)22-10-4-18(28)5-11-22)13-12-23(24)26(32-25)33-14-20-8-9-21(15-33)38-20/h2-7,10-11,20-21H,8-9,12-16H2,1H3,(H2,29,30,35). The van der Waals surface area contributed by atoms with Crippen LogP contribution in [0.4, 0.5) is 20.7 Å². The van der Waals surface area contributed by atoms with Crippen LogP contribution in [-0.4, -0.2) is 67.6 Å². The first-order chi connectivity index (χ1) is 18.8. The summed E-state index contributed by atoms with van der Waals surface area (Å²) in [5, 5.41) is 5.25. The van der Waals surface area contributed by atoms with E-state index in [4.69, 9.17) is 14.7 Å². The Morgan fingerprint density at radius 3 is 2.38 bits per heavy atom. The second-order valence-corrected chi connectivity index (χ2v) is 11.9. The molecule has 3 aromatic rings. The molecule has 2 amide bonds. The number of nitrogens with zero attached hydrogens (tertiary/aromatic N) is 4. The van der Waals surface area contributed by atoms with Crippen molar-refractivity contribution in [1.29, 1.82) is 0 Å². The zero-order chi connectivity index (χ0) is 27.1. The fraction of sp³-hybridized carbons (Fsp3) is 0.370. The van der Waals surface area contributed by atoms with Gasteiger partial charge in [0.1, 0.15) is 11.6 Å². The number of fused-ring (bicyclic) bond motifs is 3. The highest BCUT2D eigenvalue weighted by atomic mass is 32.2. The van der Waals surface area contributed by atoms with E-state index in [2.05, 4.69) is 15.5 Å². The van der Waals surface area contributed by atoms with E-state index in [1.807, 2.05) is 12.1 Å². The molecule has 3 aliphatic heterocycles. The summed E-state index contributed by atoms with van der Waals surface area (Å²) >= 11 is 0. The van der Waals surface area contributed by atoms with Gasteiger partial charge in [0.15, 0.2) is 5.82 Å². The number of anilines is 2. The number of carbonyl (C=O) groups is 1. The molecular formula is C27H29FN6O4S. The van der Waals surface area contributed by atoms with Crippen LogP contribution < -0.4 is 15.5 Å². The summed E-state index contributed by atoms with van der Waals surface area (Å²) in [4.78, 5) is 23.8. The van der Waals surface area contributed by atoms with Gasteiger partial charge in [0.05, 0.1) is 29.3 Å². The molecule has 0 saturated carbocycles. The first kappa shape index (κ1) is 25.7. The molecule has 1 aromatic heterocycles. The molecule has 4 heterocycles. The Kier molecular flexibility index (Phi) is 6.69. The monoisotopic (exact) mass is 552 g/mol. The van der Waals surface area contributed by atoms with E-state index in [-0.39, 0.29) is 36.2 Å². The van der Waals surface area contributed by atoms with Crippen molar-refractivity contribution in [3.8, 4) is 11.4 Å². The number of rotatable bonds is 5. The van der Waals surface area contributed by atoms with E-state index < -0.39 is 15.8 Å². The fourth-order valence-electron chi connectivity index (χ4n) is 5.42. The topological polar surface area (TPSA) is 117 Å². The summed E-state index contributed by atoms with van der Waals surface area (Å²) in [6.07, 6.45) is 2.82. The average Bonchev–Trinajstić information content (AvgIpc) is 3.29. The van der Waals surface area contributed by atoms with Gasteiger partial charge in [-0.3, -0.25) is 0 Å². The van der Waals surface area contributed by atoms with Crippen molar-refractivity contribution >= 4 is 27.6 Å². The molecule has 10 nitrogen and oxygen atoms in total. The Balaban J connectivity index is 1.36. The minimum Gasteiger partial charge on any atom is -0.371 e. The van der Waals surface area contributed by atoms with Crippen molar-refractivity contribution in [3.63, 3.8) is 0 Å². The summed E-state index contributed by atoms with van der Waals surface area (Å²) < 4.78 is 47.7. The van der Waals surface area contributed by atoms with Gasteiger partial charge in [0.25, 0.3) is 0 Å². The SMILES string of the molecule is CNC(=O)Nc1ccc(-c2nc3c(c(N4CC5CCC(C4)O5)n2)CCN(S(=O)(=O)c2ccc(F)cc2)C3)cc1. The smallest absolute Gasteiger partial charge is 0.318 e. The van der Waals surface area contributed by atoms with Gasteiger partial charge in [-0.25, -0.2) is 27.6 Å². The van der Waals surface area contributed by atoms with Crippen molar-refractivity contribution in [2.24, 2.45) is 0 Å². The maximum atomic E-state index is 13.4. The lowest BCUT2D eigenvalue weighted by atomic mass is 10.0. The van der Waals surface area contributed by atoms with E-state index in [1.54, 1.807) is 19.2 Å². The first-order valence-corrected chi connectivity index (χ1v) is 14.4. The van der Waals surface area contributed by atoms with Crippen molar-refractivity contribution in [2.45, 2.75) is 42.9 Å². The molecule has 2 bridgehead atoms. The number of amides is 2. The van der Waals surface area contributed by atoms with Crippen LogP contribution in [0.25, 0.3) is 11.4 Å². The number of hydrogen-bond acceptors (Lipinski definition) is 7. The number of morpholine rings is 1. The second kappa shape index (κ2) is 10.2. The number of carbonyl (C=O) groups excluding carboxylic acids is 1. The minimum absolute atomic E-state index is 0.0470. The third-order valence-electron chi connectivity index (χ3n) is 7.43. The Hall–Kier alpha value is -3.61. The van der Waals surface area contributed by atoms with E-state index in [9.17, 15) is 17.6 Å². The molecule has 3 aliphatic rings. The van der Waals surface area contributed by atoms with Gasteiger partial charge >= 0.3 is 6.03 Å². The van der Waals surface area contributed by atoms with Crippen molar-refractivity contribution < 1.29 is 22.3 Å². The maximum absolute atomic E-state index is 13.4. The van der Waals surface area contributed by atoms with Crippen LogP contribution in [0.5, 0.6) is 0 Å². The van der Waals surface area contributed by atoms with Crippen molar-refractivity contribution in [1.82, 2.24) is 19.6 Å². The quantitative estimate of drug-likeness (QED) is 0.500. The third kappa shape index (κ3) is 5.07. The molecule has 2 unspecified atom stereocenters. The van der Waals surface area contributed by atoms with Gasteiger partial charge in [-0.1, -0.05) is 0 Å². The van der Waals surface area contributed by atoms with E-state index in [0.29, 0.717) is 23.6 Å². The summed E-state index contributed by atoms with van der Waals surface area (Å²) in [5.74, 6) is 0.813. The first-order valence-electron chi connectivity index (χ1n) is 13.0. The van der Waals surface area contributed by atoms with E-state index in [0.717, 1.165) is 55.0 Å². The molecule has 0 aliphatic carbocycles. The number of nitrogens with one attached hydrogen (secondary N) is 2. The predicted molar refractivity (Wildman–Crippen MR) is 143 cm³/mol. The Morgan fingerprint density at radius 2 is 1.72 bits per heavy atom. The van der Waals surface area contributed by atoms with Gasteiger partial charge in [-0.05, 0) is 67.8 Å². The molecule has 12 heteroatoms. The summed E-state index contributed by atoms with van der Waals surface area (Å²) in [6.45, 7) is 1.82. The van der Waals surface area contributed by atoms with Crippen LogP contribution >= 0.6 is 0 Å². The van der Waals surface area contributed by atoms with Gasteiger partial charge in [0, 0.05) is 43.5 Å². The van der Waals surface area contributed by atoms with Gasteiger partial charge in [-0.15, -0.1) is 0 Å². The number of benzene rings is 2. The zero-order valence-corrected chi connectivity index (χ0v) is 22.2. The van der Waals surface area contributed by atoms with Crippen molar-refractivity contribution in [2.75, 3.05) is 36.9 Å². The lowest BCUT2D eigenvalue weighted by Crippen LogP contribution is -2.44. The highest BCUT2D eigenvalue weighted by Gasteiger charge is 2.37. The van der Waals surface area contributed by atoms with Crippen molar-refractivity contribution in [3.05, 3.63) is 65.6 Å². The van der Waals surface area contributed by atoms with Gasteiger partial charge < -0.3 is 20.3 Å². The summed E-state index contributed by atoms with van der Waals surface area (Å²) in [5.41, 5.74) is 2.97. The number of aromatic nitrogens is 2. The zero-order valence-electron chi connectivity index (χ0n) is 21.4. The largest absolute Gasteiger partial charge is 0.371 e. The van der Waals surface area contributed by atoms with E-state index in [1.165, 1.54) is 16.4 Å². The maximum Gasteiger partial charge on any atom is 0.318 e. The molecule has 2 aromatic carbocycles. The molecule has 0 spiro atoms. The second-order valence-electron chi connectivity index (χ2n) is 9.98. The van der Waals surface area contributed by atoms with Crippen LogP contribution in [-0.2, 0) is 27.7 Å². The van der Waals surface area contributed by atoms with Crippen LogP contribution in [0.2, 0.25) is 0 Å². The van der Waals surface area contributed by atoms with Crippen LogP contribution in [0.1, 0.15) is 24.1 Å². The van der Waals surface area contributed by atoms with Crippen LogP contribution in [0.15, 0.2) is 53.4 Å². The lowest BCUT2D eigenvalue weighted by molar-refractivity contribution is 0.0301. The summed E-state index contributed by atoms with van der Waals surface area (Å²) in [7, 11) is -2.29. The predicted octanol–water partition coefficient (Wildman–Crippen LogP) is 3.15. The molecule has 2 saturated heterocycles. The highest BCUT2D eigenvalue weighted by molar-refractivity contribution is 7.89. The number of hydrogen-bond donors (Lipinski definition) is 2. The highest BCUT2D eigenvalue weighted by Crippen LogP contribution is 2.35. The van der Waals surface area contributed by atoms with Gasteiger partial charge in [-0.2, -0.15) is 4.31 Å². The van der Waals surface area contributed by atoms with Crippen LogP contribution in [0.3, 0.4) is 0 Å². The number of ether oxygens (including phenoxy) is 1. The molecule has 2 atom stereocenters. The summed E-state index contributed by atoms with van der Waals surface area (Å²) in [6, 6.07) is 11.8. The van der Waals surface area contributed by atoms with E-state index >= 15 is 0 Å². The minimum atomic E-state index is -3.84. The molecule has 204 valence electrons. The normalized spacial score (nSPS) is 20.9. The Labute approximate surface area is 226 Å². The molecular weight excluding hydrogens is 523 g/mol. The Morgan fingerprint density at radius 1 is 1.03 bits per heavy atom. The third-order valence-corrected chi connectivity index (χ3v) is 9.29. The average molecular weight is 553 g/mol.